The van der Waals surface area contributed by atoms with Crippen LogP contribution in [0.15, 0.2) is 18.2 Å². The number of hydrogen-bond donors (Lipinski definition) is 1. The van der Waals surface area contributed by atoms with E-state index in [9.17, 15) is 0 Å². The molecule has 1 aromatic rings. The van der Waals surface area contributed by atoms with E-state index < -0.39 is 0 Å². The van der Waals surface area contributed by atoms with E-state index in [0.717, 1.165) is 6.42 Å². The van der Waals surface area contributed by atoms with Gasteiger partial charge >= 0.3 is 0 Å². The van der Waals surface area contributed by atoms with Gasteiger partial charge in [0.2, 0.25) is 0 Å². The zero-order chi connectivity index (χ0) is 11.1. The van der Waals surface area contributed by atoms with Crippen molar-refractivity contribution in [2.45, 2.75) is 51.5 Å². The van der Waals surface area contributed by atoms with Gasteiger partial charge in [-0.05, 0) is 49.8 Å². The first-order valence-corrected chi connectivity index (χ1v) is 5.96. The molecule has 1 fully saturated rings. The Balaban J connectivity index is 2.38. The molecule has 1 aromatic carbocycles. The van der Waals surface area contributed by atoms with Crippen LogP contribution in [-0.2, 0) is 11.8 Å². The SMILES string of the molecule is CCc1cc(C2(C(C)N)CC2)ccc1C. The molecule has 1 atom stereocenters. The third-order valence-corrected chi connectivity index (χ3v) is 3.97. The zero-order valence-corrected chi connectivity index (χ0v) is 10.0. The number of nitrogens with two attached hydrogens (primary N) is 1. The molecule has 1 aliphatic carbocycles. The first kappa shape index (κ1) is 10.7. The third-order valence-electron chi connectivity index (χ3n) is 3.97. The third kappa shape index (κ3) is 1.69. The van der Waals surface area contributed by atoms with Crippen molar-refractivity contribution < 1.29 is 0 Å². The van der Waals surface area contributed by atoms with Crippen LogP contribution in [0, 0.1) is 6.92 Å². The van der Waals surface area contributed by atoms with E-state index in [0.29, 0.717) is 5.41 Å². The van der Waals surface area contributed by atoms with Gasteiger partial charge in [-0.15, -0.1) is 0 Å². The van der Waals surface area contributed by atoms with Crippen molar-refractivity contribution in [3.63, 3.8) is 0 Å². The van der Waals surface area contributed by atoms with Gasteiger partial charge in [0.05, 0.1) is 0 Å². The molecule has 1 unspecified atom stereocenters. The minimum Gasteiger partial charge on any atom is -0.327 e. The van der Waals surface area contributed by atoms with E-state index in [1.165, 1.54) is 29.5 Å². The fraction of sp³-hybridized carbons (Fsp3) is 0.571. The highest BCUT2D eigenvalue weighted by molar-refractivity contribution is 5.39. The molecule has 0 amide bonds. The highest BCUT2D eigenvalue weighted by Crippen LogP contribution is 2.50. The largest absolute Gasteiger partial charge is 0.327 e. The Labute approximate surface area is 92.7 Å². The molecule has 1 aliphatic rings. The Morgan fingerprint density at radius 2 is 2.07 bits per heavy atom. The fourth-order valence-corrected chi connectivity index (χ4v) is 2.50. The van der Waals surface area contributed by atoms with Crippen LogP contribution < -0.4 is 5.73 Å². The van der Waals surface area contributed by atoms with E-state index in [1.54, 1.807) is 0 Å². The van der Waals surface area contributed by atoms with Crippen molar-refractivity contribution in [2.75, 3.05) is 0 Å². The van der Waals surface area contributed by atoms with Gasteiger partial charge in [0.1, 0.15) is 0 Å². The van der Waals surface area contributed by atoms with Gasteiger partial charge < -0.3 is 5.73 Å². The quantitative estimate of drug-likeness (QED) is 0.803. The summed E-state index contributed by atoms with van der Waals surface area (Å²) in [5, 5.41) is 0. The lowest BCUT2D eigenvalue weighted by atomic mass is 9.87. The molecule has 0 aromatic heterocycles. The molecule has 0 radical (unpaired) electrons. The highest BCUT2D eigenvalue weighted by atomic mass is 14.7. The fourth-order valence-electron chi connectivity index (χ4n) is 2.50. The Bertz CT molecular complexity index is 362. The normalized spacial score (nSPS) is 20.0. The van der Waals surface area contributed by atoms with E-state index in [1.807, 2.05) is 0 Å². The molecule has 0 saturated heterocycles. The number of rotatable bonds is 3. The van der Waals surface area contributed by atoms with E-state index in [2.05, 4.69) is 39.0 Å². The predicted octanol–water partition coefficient (Wildman–Crippen LogP) is 2.94. The summed E-state index contributed by atoms with van der Waals surface area (Å²) >= 11 is 0. The van der Waals surface area contributed by atoms with Gasteiger partial charge in [-0.25, -0.2) is 0 Å². The maximum atomic E-state index is 6.09. The average Bonchev–Trinajstić information content (AvgIpc) is 2.99. The number of hydrogen-bond acceptors (Lipinski definition) is 1. The monoisotopic (exact) mass is 203 g/mol. The first-order chi connectivity index (χ1) is 7.10. The van der Waals surface area contributed by atoms with Crippen LogP contribution in [0.3, 0.4) is 0 Å². The standard InChI is InChI=1S/C14H21N/c1-4-12-9-13(6-5-10(12)2)14(7-8-14)11(3)15/h5-6,9,11H,4,7-8,15H2,1-3H3. The molecule has 82 valence electrons. The topological polar surface area (TPSA) is 26.0 Å². The molecule has 2 rings (SSSR count). The zero-order valence-electron chi connectivity index (χ0n) is 10.0. The van der Waals surface area contributed by atoms with Gasteiger partial charge in [0, 0.05) is 11.5 Å². The van der Waals surface area contributed by atoms with Crippen molar-refractivity contribution in [3.05, 3.63) is 34.9 Å². The van der Waals surface area contributed by atoms with E-state index in [4.69, 9.17) is 5.73 Å². The maximum Gasteiger partial charge on any atom is 0.0108 e. The lowest BCUT2D eigenvalue weighted by Crippen LogP contribution is -2.31. The molecular formula is C14H21N. The predicted molar refractivity (Wildman–Crippen MR) is 65.1 cm³/mol. The van der Waals surface area contributed by atoms with Gasteiger partial charge in [0.25, 0.3) is 0 Å². The van der Waals surface area contributed by atoms with Gasteiger partial charge in [-0.2, -0.15) is 0 Å². The van der Waals surface area contributed by atoms with Crippen LogP contribution in [0.1, 0.15) is 43.4 Å². The Kier molecular flexibility index (Phi) is 2.59. The second kappa shape index (κ2) is 3.64. The Hall–Kier alpha value is -0.820. The molecule has 1 heteroatoms. The van der Waals surface area contributed by atoms with Crippen LogP contribution in [0.4, 0.5) is 0 Å². The van der Waals surface area contributed by atoms with Crippen molar-refractivity contribution in [2.24, 2.45) is 5.73 Å². The van der Waals surface area contributed by atoms with Gasteiger partial charge in [0.15, 0.2) is 0 Å². The summed E-state index contributed by atoms with van der Waals surface area (Å²) in [5.74, 6) is 0. The Morgan fingerprint density at radius 1 is 1.40 bits per heavy atom. The highest BCUT2D eigenvalue weighted by Gasteiger charge is 2.47. The molecular weight excluding hydrogens is 182 g/mol. The van der Waals surface area contributed by atoms with E-state index in [-0.39, 0.29) is 6.04 Å². The lowest BCUT2D eigenvalue weighted by Gasteiger charge is -2.21. The molecule has 2 N–H and O–H groups in total. The lowest BCUT2D eigenvalue weighted by molar-refractivity contribution is 0.556. The summed E-state index contributed by atoms with van der Waals surface area (Å²) in [6, 6.07) is 7.16. The maximum absolute atomic E-state index is 6.09. The van der Waals surface area contributed by atoms with Crippen molar-refractivity contribution >= 4 is 0 Å². The van der Waals surface area contributed by atoms with Gasteiger partial charge in [-0.1, -0.05) is 25.1 Å². The minimum absolute atomic E-state index is 0.282. The van der Waals surface area contributed by atoms with Gasteiger partial charge in [-0.3, -0.25) is 0 Å². The summed E-state index contributed by atoms with van der Waals surface area (Å²) in [7, 11) is 0. The van der Waals surface area contributed by atoms with Crippen molar-refractivity contribution in [1.82, 2.24) is 0 Å². The Morgan fingerprint density at radius 3 is 2.53 bits per heavy atom. The molecule has 0 spiro atoms. The average molecular weight is 203 g/mol. The molecule has 1 nitrogen and oxygen atoms in total. The minimum atomic E-state index is 0.282. The van der Waals surface area contributed by atoms with Crippen LogP contribution in [-0.4, -0.2) is 6.04 Å². The summed E-state index contributed by atoms with van der Waals surface area (Å²) < 4.78 is 0. The van der Waals surface area contributed by atoms with Crippen LogP contribution in [0.25, 0.3) is 0 Å². The second-order valence-corrected chi connectivity index (χ2v) is 4.94. The molecule has 0 heterocycles. The molecule has 1 saturated carbocycles. The number of aryl methyl sites for hydroxylation is 2. The molecule has 15 heavy (non-hydrogen) atoms. The molecule has 0 bridgehead atoms. The van der Waals surface area contributed by atoms with Crippen molar-refractivity contribution in [1.29, 1.82) is 0 Å². The summed E-state index contributed by atoms with van der Waals surface area (Å²) in [6.07, 6.45) is 3.64. The summed E-state index contributed by atoms with van der Waals surface area (Å²) in [5.41, 5.74) is 10.7. The summed E-state index contributed by atoms with van der Waals surface area (Å²) in [6.45, 7) is 6.55. The number of benzene rings is 1. The van der Waals surface area contributed by atoms with Crippen LogP contribution >= 0.6 is 0 Å². The van der Waals surface area contributed by atoms with Crippen molar-refractivity contribution in [3.8, 4) is 0 Å². The van der Waals surface area contributed by atoms with Crippen LogP contribution in [0.5, 0.6) is 0 Å². The summed E-state index contributed by atoms with van der Waals surface area (Å²) in [4.78, 5) is 0. The van der Waals surface area contributed by atoms with Crippen LogP contribution in [0.2, 0.25) is 0 Å². The first-order valence-electron chi connectivity index (χ1n) is 5.96. The second-order valence-electron chi connectivity index (χ2n) is 4.94. The smallest absolute Gasteiger partial charge is 0.0108 e. The molecule has 0 aliphatic heterocycles. The van der Waals surface area contributed by atoms with E-state index >= 15 is 0 Å².